The number of hydrogen-bond donors (Lipinski definition) is 1. The van der Waals surface area contributed by atoms with Gasteiger partial charge in [-0.2, -0.15) is 0 Å². The van der Waals surface area contributed by atoms with E-state index in [1.807, 2.05) is 47.4 Å². The lowest BCUT2D eigenvalue weighted by Crippen LogP contribution is -2.31. The summed E-state index contributed by atoms with van der Waals surface area (Å²) < 4.78 is 31.2. The number of benzene rings is 2. The first-order valence-corrected chi connectivity index (χ1v) is 13.3. The van der Waals surface area contributed by atoms with Gasteiger partial charge in [-0.05, 0) is 55.3 Å². The maximum atomic E-state index is 12.8. The number of amides is 1. The van der Waals surface area contributed by atoms with Gasteiger partial charge >= 0.3 is 0 Å². The zero-order valence-corrected chi connectivity index (χ0v) is 21.7. The Morgan fingerprint density at radius 1 is 1.00 bits per heavy atom. The average molecular weight is 535 g/mol. The number of nitrogens with one attached hydrogen (secondary N) is 1. The summed E-state index contributed by atoms with van der Waals surface area (Å²) in [4.78, 5) is 25.9. The third kappa shape index (κ3) is 5.25. The lowest BCUT2D eigenvalue weighted by Gasteiger charge is -2.11. The maximum Gasteiger partial charge on any atom is 0.283 e. The highest BCUT2D eigenvalue weighted by Gasteiger charge is 2.21. The van der Waals surface area contributed by atoms with Crippen molar-refractivity contribution < 1.29 is 13.2 Å². The number of hydrogen-bond acceptors (Lipinski definition) is 6. The van der Waals surface area contributed by atoms with Gasteiger partial charge in [0.2, 0.25) is 0 Å². The fraction of sp³-hybridized carbons (Fsp3) is 0.154. The van der Waals surface area contributed by atoms with Gasteiger partial charge < -0.3 is 9.13 Å². The summed E-state index contributed by atoms with van der Waals surface area (Å²) >= 11 is 6.60. The van der Waals surface area contributed by atoms with Crippen molar-refractivity contribution in [1.29, 1.82) is 0 Å². The number of aromatic nitrogens is 5. The van der Waals surface area contributed by atoms with Crippen LogP contribution in [0, 0.1) is 13.8 Å². The van der Waals surface area contributed by atoms with Gasteiger partial charge in [0, 0.05) is 24.0 Å². The number of sulfonamides is 1. The summed E-state index contributed by atoms with van der Waals surface area (Å²) in [6, 6.07) is 15.2. The van der Waals surface area contributed by atoms with Crippen LogP contribution in [-0.2, 0) is 23.1 Å². The van der Waals surface area contributed by atoms with Gasteiger partial charge in [-0.15, -0.1) is 0 Å². The fourth-order valence-electron chi connectivity index (χ4n) is 3.96. The van der Waals surface area contributed by atoms with E-state index in [-0.39, 0.29) is 10.6 Å². The van der Waals surface area contributed by atoms with Crippen LogP contribution in [-0.4, -0.2) is 38.4 Å². The molecule has 0 aliphatic heterocycles. The first-order valence-electron chi connectivity index (χ1n) is 11.4. The van der Waals surface area contributed by atoms with Crippen LogP contribution >= 0.6 is 11.6 Å². The van der Waals surface area contributed by atoms with Crippen LogP contribution in [0.1, 0.15) is 33.0 Å². The van der Waals surface area contributed by atoms with Crippen LogP contribution in [0.5, 0.6) is 0 Å². The number of rotatable bonds is 7. The summed E-state index contributed by atoms with van der Waals surface area (Å²) in [5.74, 6) is -0.138. The molecule has 5 aromatic rings. The molecule has 0 bridgehead atoms. The van der Waals surface area contributed by atoms with E-state index in [9.17, 15) is 13.2 Å². The molecular formula is C26H23ClN6O3S. The molecule has 0 unspecified atom stereocenters. The number of aryl methyl sites for hydroxylation is 2. The summed E-state index contributed by atoms with van der Waals surface area (Å²) in [6.07, 6.45) is 5.35. The molecule has 188 valence electrons. The van der Waals surface area contributed by atoms with E-state index in [0.717, 1.165) is 16.7 Å². The molecule has 0 atom stereocenters. The van der Waals surface area contributed by atoms with Crippen LogP contribution < -0.4 is 4.72 Å². The predicted molar refractivity (Wildman–Crippen MR) is 140 cm³/mol. The number of halogens is 1. The lowest BCUT2D eigenvalue weighted by molar-refractivity contribution is 0.0977. The number of pyridine rings is 1. The number of nitrogens with zero attached hydrogens (tertiary/aromatic N) is 5. The molecule has 0 aliphatic carbocycles. The van der Waals surface area contributed by atoms with E-state index in [1.165, 1.54) is 18.2 Å². The molecule has 3 heterocycles. The van der Waals surface area contributed by atoms with Gasteiger partial charge in [-0.3, -0.25) is 4.79 Å². The van der Waals surface area contributed by atoms with Crippen LogP contribution in [0.4, 0.5) is 0 Å². The molecule has 0 radical (unpaired) electrons. The summed E-state index contributed by atoms with van der Waals surface area (Å²) in [5.41, 5.74) is 3.81. The van der Waals surface area contributed by atoms with E-state index in [0.29, 0.717) is 35.1 Å². The normalized spacial score (nSPS) is 11.6. The summed E-state index contributed by atoms with van der Waals surface area (Å²) in [5, 5.41) is 0.594. The highest BCUT2D eigenvalue weighted by Crippen LogP contribution is 2.23. The molecule has 37 heavy (non-hydrogen) atoms. The monoisotopic (exact) mass is 534 g/mol. The van der Waals surface area contributed by atoms with Crippen LogP contribution in [0.15, 0.2) is 78.2 Å². The molecule has 0 fully saturated rings. The molecule has 0 aliphatic rings. The second kappa shape index (κ2) is 9.79. The van der Waals surface area contributed by atoms with E-state index >= 15 is 0 Å². The van der Waals surface area contributed by atoms with Crippen molar-refractivity contribution in [3.63, 3.8) is 0 Å². The molecule has 9 nitrogen and oxygen atoms in total. The molecule has 2 aromatic carbocycles. The third-order valence-corrected chi connectivity index (χ3v) is 7.64. The first kappa shape index (κ1) is 24.7. The Labute approximate surface area is 218 Å². The highest BCUT2D eigenvalue weighted by atomic mass is 35.5. The van der Waals surface area contributed by atoms with Gasteiger partial charge in [0.25, 0.3) is 15.9 Å². The molecule has 11 heteroatoms. The second-order valence-electron chi connectivity index (χ2n) is 8.69. The topological polar surface area (TPSA) is 112 Å². The SMILES string of the molecule is Cc1ccc(S(=O)(=O)NC(=O)c2ccc3nc(C)n(Cc4ccc(Cn5ccnc5)cc4Cl)c3n2)cc1. The van der Waals surface area contributed by atoms with Gasteiger partial charge in [-0.1, -0.05) is 41.4 Å². The molecule has 1 amide bonds. The van der Waals surface area contributed by atoms with Gasteiger partial charge in [0.1, 0.15) is 17.0 Å². The minimum Gasteiger partial charge on any atom is -0.333 e. The Bertz CT molecular complexity index is 1710. The van der Waals surface area contributed by atoms with Crippen molar-refractivity contribution in [2.24, 2.45) is 0 Å². The zero-order valence-electron chi connectivity index (χ0n) is 20.1. The van der Waals surface area contributed by atoms with Crippen LogP contribution in [0.2, 0.25) is 5.02 Å². The Morgan fingerprint density at radius 2 is 1.78 bits per heavy atom. The third-order valence-electron chi connectivity index (χ3n) is 5.94. The average Bonchev–Trinajstić information content (AvgIpc) is 3.47. The van der Waals surface area contributed by atoms with E-state index in [1.54, 1.807) is 30.7 Å². The Balaban J connectivity index is 1.40. The molecule has 0 spiro atoms. The molecule has 1 N–H and O–H groups in total. The number of imidazole rings is 2. The number of fused-ring (bicyclic) bond motifs is 1. The van der Waals surface area contributed by atoms with Crippen molar-refractivity contribution in [2.45, 2.75) is 31.8 Å². The second-order valence-corrected chi connectivity index (χ2v) is 10.8. The van der Waals surface area contributed by atoms with Crippen molar-refractivity contribution in [3.05, 3.63) is 107 Å². The molecule has 0 saturated carbocycles. The van der Waals surface area contributed by atoms with Gasteiger partial charge in [0.15, 0.2) is 5.65 Å². The highest BCUT2D eigenvalue weighted by molar-refractivity contribution is 7.90. The Morgan fingerprint density at radius 3 is 2.49 bits per heavy atom. The number of carbonyl (C=O) groups is 1. The van der Waals surface area contributed by atoms with E-state index in [4.69, 9.17) is 11.6 Å². The van der Waals surface area contributed by atoms with Crippen molar-refractivity contribution in [1.82, 2.24) is 28.8 Å². The molecule has 5 rings (SSSR count). The lowest BCUT2D eigenvalue weighted by atomic mass is 10.1. The van der Waals surface area contributed by atoms with Crippen LogP contribution in [0.25, 0.3) is 11.2 Å². The van der Waals surface area contributed by atoms with Crippen molar-refractivity contribution in [2.75, 3.05) is 0 Å². The largest absolute Gasteiger partial charge is 0.333 e. The standard InChI is InChI=1S/C26H23ClN6O3S/c1-17-3-7-21(8-4-17)37(35,36)31-26(34)24-10-9-23-25(30-24)33(18(2)29-23)15-20-6-5-19(13-22(20)27)14-32-12-11-28-16-32/h3-13,16H,14-15H2,1-2H3,(H,31,34). The Hall–Kier alpha value is -4.02. The van der Waals surface area contributed by atoms with Crippen molar-refractivity contribution in [3.8, 4) is 0 Å². The van der Waals surface area contributed by atoms with Gasteiger partial charge in [-0.25, -0.2) is 28.1 Å². The quantitative estimate of drug-likeness (QED) is 0.336. The zero-order chi connectivity index (χ0) is 26.2. The van der Waals surface area contributed by atoms with Gasteiger partial charge in [0.05, 0.1) is 17.8 Å². The van der Waals surface area contributed by atoms with E-state index in [2.05, 4.69) is 19.7 Å². The molecular weight excluding hydrogens is 512 g/mol. The van der Waals surface area contributed by atoms with E-state index < -0.39 is 15.9 Å². The summed E-state index contributed by atoms with van der Waals surface area (Å²) in [7, 11) is -4.04. The maximum absolute atomic E-state index is 12.8. The minimum absolute atomic E-state index is 0.000425. The van der Waals surface area contributed by atoms with Crippen molar-refractivity contribution >= 4 is 38.7 Å². The fourth-order valence-corrected chi connectivity index (χ4v) is 5.18. The smallest absolute Gasteiger partial charge is 0.283 e. The summed E-state index contributed by atoms with van der Waals surface area (Å²) in [6.45, 7) is 4.72. The predicted octanol–water partition coefficient (Wildman–Crippen LogP) is 4.11. The number of carbonyl (C=O) groups excluding carboxylic acids is 1. The Kier molecular flexibility index (Phi) is 6.53. The molecule has 0 saturated heterocycles. The molecule has 3 aromatic heterocycles. The van der Waals surface area contributed by atoms with Crippen LogP contribution in [0.3, 0.4) is 0 Å². The minimum atomic E-state index is -4.04. The first-order chi connectivity index (χ1) is 17.7.